The molecule has 0 bridgehead atoms. The molecule has 0 radical (unpaired) electrons. The molecule has 3 heteroatoms. The first-order valence-corrected chi connectivity index (χ1v) is 7.56. The van der Waals surface area contributed by atoms with Crippen molar-refractivity contribution in [2.45, 2.75) is 31.9 Å². The highest BCUT2D eigenvalue weighted by molar-refractivity contribution is 7.17. The minimum Gasteiger partial charge on any atom is -0.387 e. The van der Waals surface area contributed by atoms with Crippen molar-refractivity contribution in [1.29, 1.82) is 0 Å². The Balaban J connectivity index is 1.86. The number of aliphatic hydroxyl groups is 1. The van der Waals surface area contributed by atoms with Gasteiger partial charge in [0.25, 0.3) is 0 Å². The zero-order valence-electron chi connectivity index (χ0n) is 10.6. The molecule has 1 aromatic heterocycles. The van der Waals surface area contributed by atoms with Crippen molar-refractivity contribution >= 4 is 21.4 Å². The highest BCUT2D eigenvalue weighted by Crippen LogP contribution is 2.38. The van der Waals surface area contributed by atoms with Crippen LogP contribution in [0.15, 0.2) is 29.6 Å². The summed E-state index contributed by atoms with van der Waals surface area (Å²) in [6, 6.07) is 8.65. The molecule has 2 N–H and O–H groups in total. The lowest BCUT2D eigenvalue weighted by Crippen LogP contribution is -2.36. The van der Waals surface area contributed by atoms with Crippen LogP contribution in [0.4, 0.5) is 0 Å². The van der Waals surface area contributed by atoms with Gasteiger partial charge in [0, 0.05) is 10.7 Å². The van der Waals surface area contributed by atoms with Crippen LogP contribution in [0.2, 0.25) is 0 Å². The molecule has 1 aliphatic rings. The van der Waals surface area contributed by atoms with Gasteiger partial charge in [0.15, 0.2) is 0 Å². The first-order valence-electron chi connectivity index (χ1n) is 6.68. The second-order valence-corrected chi connectivity index (χ2v) is 6.03. The van der Waals surface area contributed by atoms with E-state index in [0.717, 1.165) is 12.1 Å². The summed E-state index contributed by atoms with van der Waals surface area (Å²) in [5.41, 5.74) is 1.04. The highest BCUT2D eigenvalue weighted by Gasteiger charge is 2.35. The smallest absolute Gasteiger partial charge is 0.0946 e. The maximum absolute atomic E-state index is 10.6. The zero-order valence-corrected chi connectivity index (χ0v) is 11.4. The van der Waals surface area contributed by atoms with Gasteiger partial charge >= 0.3 is 0 Å². The summed E-state index contributed by atoms with van der Waals surface area (Å²) >= 11 is 1.74. The number of benzene rings is 1. The topological polar surface area (TPSA) is 32.3 Å². The van der Waals surface area contributed by atoms with Crippen LogP contribution in [0, 0.1) is 5.92 Å². The summed E-state index contributed by atoms with van der Waals surface area (Å²) in [6.45, 7) is 3.02. The molecule has 1 aliphatic carbocycles. The van der Waals surface area contributed by atoms with Crippen LogP contribution < -0.4 is 5.32 Å². The summed E-state index contributed by atoms with van der Waals surface area (Å²) in [6.07, 6.45) is 2.11. The van der Waals surface area contributed by atoms with Crippen LogP contribution >= 0.6 is 11.3 Å². The van der Waals surface area contributed by atoms with Crippen molar-refractivity contribution in [1.82, 2.24) is 5.32 Å². The van der Waals surface area contributed by atoms with Gasteiger partial charge in [0.2, 0.25) is 0 Å². The summed E-state index contributed by atoms with van der Waals surface area (Å²) in [5.74, 6) is 0.652. The lowest BCUT2D eigenvalue weighted by Gasteiger charge is -2.24. The third-order valence-corrected chi connectivity index (χ3v) is 4.61. The van der Waals surface area contributed by atoms with E-state index in [4.69, 9.17) is 0 Å². The number of nitrogens with one attached hydrogen (secondary N) is 1. The van der Waals surface area contributed by atoms with E-state index >= 15 is 0 Å². The molecule has 0 amide bonds. The molecule has 1 heterocycles. The monoisotopic (exact) mass is 261 g/mol. The minimum absolute atomic E-state index is 0.215. The molecular weight excluding hydrogens is 242 g/mol. The van der Waals surface area contributed by atoms with E-state index in [-0.39, 0.29) is 12.1 Å². The summed E-state index contributed by atoms with van der Waals surface area (Å²) in [7, 11) is 0. The average molecular weight is 261 g/mol. The molecule has 18 heavy (non-hydrogen) atoms. The molecule has 3 rings (SSSR count). The number of hydrogen-bond donors (Lipinski definition) is 2. The van der Waals surface area contributed by atoms with E-state index in [2.05, 4.69) is 41.9 Å². The quantitative estimate of drug-likeness (QED) is 0.865. The van der Waals surface area contributed by atoms with Crippen molar-refractivity contribution in [3.63, 3.8) is 0 Å². The number of rotatable bonds is 5. The Kier molecular flexibility index (Phi) is 3.37. The molecule has 96 valence electrons. The van der Waals surface area contributed by atoms with Gasteiger partial charge in [0.1, 0.15) is 0 Å². The van der Waals surface area contributed by atoms with Crippen molar-refractivity contribution in [3.05, 3.63) is 35.2 Å². The summed E-state index contributed by atoms with van der Waals surface area (Å²) in [5, 5.41) is 17.4. The molecule has 2 unspecified atom stereocenters. The largest absolute Gasteiger partial charge is 0.387 e. The van der Waals surface area contributed by atoms with E-state index in [1.807, 2.05) is 0 Å². The predicted molar refractivity (Wildman–Crippen MR) is 77.0 cm³/mol. The highest BCUT2D eigenvalue weighted by atomic mass is 32.1. The van der Waals surface area contributed by atoms with Gasteiger partial charge in [-0.3, -0.25) is 0 Å². The molecule has 2 aromatic rings. The SMILES string of the molecule is CCNC(C1CC1)C(O)c1ccc2ccsc2c1. The Labute approximate surface area is 112 Å². The number of likely N-dealkylation sites (N-methyl/N-ethyl adjacent to an activating group) is 1. The summed E-state index contributed by atoms with van der Waals surface area (Å²) < 4.78 is 1.26. The fourth-order valence-electron chi connectivity index (χ4n) is 2.59. The zero-order chi connectivity index (χ0) is 12.5. The maximum Gasteiger partial charge on any atom is 0.0946 e. The number of thiophene rings is 1. The Morgan fingerprint density at radius 1 is 1.39 bits per heavy atom. The first kappa shape index (κ1) is 12.2. The van der Waals surface area contributed by atoms with Gasteiger partial charge in [-0.15, -0.1) is 11.3 Å². The van der Waals surface area contributed by atoms with E-state index in [1.165, 1.54) is 22.9 Å². The second kappa shape index (κ2) is 5.00. The average Bonchev–Trinajstić information content (AvgIpc) is 3.12. The Morgan fingerprint density at radius 2 is 2.22 bits per heavy atom. The Morgan fingerprint density at radius 3 is 2.94 bits per heavy atom. The number of fused-ring (bicyclic) bond motifs is 1. The van der Waals surface area contributed by atoms with Crippen LogP contribution in [0.3, 0.4) is 0 Å². The van der Waals surface area contributed by atoms with Crippen molar-refractivity contribution in [2.75, 3.05) is 6.54 Å². The molecule has 0 saturated heterocycles. The van der Waals surface area contributed by atoms with E-state index in [9.17, 15) is 5.11 Å². The van der Waals surface area contributed by atoms with Gasteiger partial charge < -0.3 is 10.4 Å². The summed E-state index contributed by atoms with van der Waals surface area (Å²) in [4.78, 5) is 0. The van der Waals surface area contributed by atoms with Gasteiger partial charge in [-0.25, -0.2) is 0 Å². The van der Waals surface area contributed by atoms with E-state index < -0.39 is 0 Å². The standard InChI is InChI=1S/C15H19NOS/c1-2-16-14(11-4-5-11)15(17)12-6-3-10-7-8-18-13(10)9-12/h3,6-9,11,14-17H,2,4-5H2,1H3. The fraction of sp³-hybridized carbons (Fsp3) is 0.467. The van der Waals surface area contributed by atoms with Crippen LogP contribution in [-0.4, -0.2) is 17.7 Å². The maximum atomic E-state index is 10.6. The first-order chi connectivity index (χ1) is 8.79. The van der Waals surface area contributed by atoms with Crippen molar-refractivity contribution in [2.24, 2.45) is 5.92 Å². The molecule has 1 aromatic carbocycles. The molecule has 2 nitrogen and oxygen atoms in total. The van der Waals surface area contributed by atoms with E-state index in [0.29, 0.717) is 5.92 Å². The number of hydrogen-bond acceptors (Lipinski definition) is 3. The van der Waals surface area contributed by atoms with Gasteiger partial charge in [-0.1, -0.05) is 19.1 Å². The van der Waals surface area contributed by atoms with Crippen LogP contribution in [0.5, 0.6) is 0 Å². The molecule has 1 fully saturated rings. The van der Waals surface area contributed by atoms with Gasteiger partial charge in [-0.2, -0.15) is 0 Å². The second-order valence-electron chi connectivity index (χ2n) is 5.08. The Bertz CT molecular complexity index is 532. The van der Waals surface area contributed by atoms with Gasteiger partial charge in [0.05, 0.1) is 6.10 Å². The molecule has 0 spiro atoms. The Hall–Kier alpha value is -0.900. The minimum atomic E-state index is -0.385. The van der Waals surface area contributed by atoms with Crippen LogP contribution in [0.1, 0.15) is 31.4 Å². The predicted octanol–water partition coefficient (Wildman–Crippen LogP) is 3.32. The van der Waals surface area contributed by atoms with Crippen LogP contribution in [0.25, 0.3) is 10.1 Å². The third kappa shape index (κ3) is 2.30. The van der Waals surface area contributed by atoms with Crippen molar-refractivity contribution < 1.29 is 5.11 Å². The van der Waals surface area contributed by atoms with Crippen LogP contribution in [-0.2, 0) is 0 Å². The van der Waals surface area contributed by atoms with Gasteiger partial charge in [-0.05, 0) is 53.8 Å². The third-order valence-electron chi connectivity index (χ3n) is 3.73. The molecule has 1 saturated carbocycles. The normalized spacial score (nSPS) is 19.0. The molecular formula is C15H19NOS. The van der Waals surface area contributed by atoms with E-state index in [1.54, 1.807) is 11.3 Å². The fourth-order valence-corrected chi connectivity index (χ4v) is 3.43. The molecule has 0 aliphatic heterocycles. The lowest BCUT2D eigenvalue weighted by atomic mass is 9.98. The number of aliphatic hydroxyl groups excluding tert-OH is 1. The molecule has 2 atom stereocenters. The lowest BCUT2D eigenvalue weighted by molar-refractivity contribution is 0.118. The van der Waals surface area contributed by atoms with Crippen molar-refractivity contribution in [3.8, 4) is 0 Å².